The molecule has 0 saturated carbocycles. The molecule has 126 valence electrons. The van der Waals surface area contributed by atoms with Crippen molar-refractivity contribution in [2.45, 2.75) is 25.8 Å². The maximum atomic E-state index is 12.2. The molecule has 1 aliphatic rings. The molecule has 2 aromatic heterocycles. The number of esters is 1. The fraction of sp³-hybridized carbons (Fsp3) is 0.333. The van der Waals surface area contributed by atoms with Crippen molar-refractivity contribution in [3.8, 4) is 0 Å². The molecule has 0 bridgehead atoms. The summed E-state index contributed by atoms with van der Waals surface area (Å²) in [6.45, 7) is -0.142. The maximum absolute atomic E-state index is 12.2. The van der Waals surface area contributed by atoms with Crippen molar-refractivity contribution in [1.29, 1.82) is 0 Å². The third-order valence-electron chi connectivity index (χ3n) is 3.73. The van der Waals surface area contributed by atoms with Gasteiger partial charge in [-0.3, -0.25) is 9.48 Å². The number of aromatic nitrogens is 2. The highest BCUT2D eigenvalue weighted by atomic mass is 32.1. The summed E-state index contributed by atoms with van der Waals surface area (Å²) in [5, 5.41) is 15.8. The number of nitrogens with zero attached hydrogens (tertiary/aromatic N) is 2. The van der Waals surface area contributed by atoms with Crippen LogP contribution in [0.15, 0.2) is 12.3 Å². The Bertz CT molecular complexity index is 823. The SMILES string of the molecule is COC(=O)c1c(NC(=O)Cn2ccc(C(=O)O)n2)sc2c1CCC2. The summed E-state index contributed by atoms with van der Waals surface area (Å²) in [5.74, 6) is -2.01. The van der Waals surface area contributed by atoms with E-state index < -0.39 is 11.9 Å². The van der Waals surface area contributed by atoms with E-state index in [9.17, 15) is 14.4 Å². The molecular weight excluding hydrogens is 334 g/mol. The third kappa shape index (κ3) is 3.02. The molecule has 0 aromatic carbocycles. The van der Waals surface area contributed by atoms with E-state index in [0.29, 0.717) is 10.6 Å². The highest BCUT2D eigenvalue weighted by Crippen LogP contribution is 2.39. The van der Waals surface area contributed by atoms with Gasteiger partial charge in [0.05, 0.1) is 12.7 Å². The smallest absolute Gasteiger partial charge is 0.356 e. The first kappa shape index (κ1) is 16.2. The number of aryl methyl sites for hydroxylation is 1. The van der Waals surface area contributed by atoms with Gasteiger partial charge in [-0.1, -0.05) is 0 Å². The van der Waals surface area contributed by atoms with Crippen LogP contribution >= 0.6 is 11.3 Å². The number of carbonyl (C=O) groups is 3. The molecule has 0 radical (unpaired) electrons. The van der Waals surface area contributed by atoms with Crippen molar-refractivity contribution < 1.29 is 24.2 Å². The summed E-state index contributed by atoms with van der Waals surface area (Å²) in [6, 6.07) is 1.31. The van der Waals surface area contributed by atoms with Gasteiger partial charge in [-0.25, -0.2) is 9.59 Å². The zero-order valence-corrected chi connectivity index (χ0v) is 13.7. The number of thiophene rings is 1. The van der Waals surface area contributed by atoms with Crippen LogP contribution in [-0.4, -0.2) is 39.8 Å². The number of carboxylic acid groups (broad SMARTS) is 1. The molecular formula is C15H15N3O5S. The molecule has 0 fully saturated rings. The number of ether oxygens (including phenoxy) is 1. The van der Waals surface area contributed by atoms with Gasteiger partial charge < -0.3 is 15.2 Å². The Kier molecular flexibility index (Phi) is 4.34. The van der Waals surface area contributed by atoms with E-state index >= 15 is 0 Å². The highest BCUT2D eigenvalue weighted by Gasteiger charge is 2.28. The van der Waals surface area contributed by atoms with Gasteiger partial charge in [0.2, 0.25) is 5.91 Å². The van der Waals surface area contributed by atoms with Gasteiger partial charge in [0.1, 0.15) is 11.5 Å². The molecule has 2 heterocycles. The van der Waals surface area contributed by atoms with Gasteiger partial charge in [-0.05, 0) is 30.9 Å². The second kappa shape index (κ2) is 6.44. The van der Waals surface area contributed by atoms with E-state index in [0.717, 1.165) is 29.7 Å². The predicted octanol–water partition coefficient (Wildman–Crippen LogP) is 1.56. The zero-order valence-electron chi connectivity index (χ0n) is 12.9. The van der Waals surface area contributed by atoms with Gasteiger partial charge in [0, 0.05) is 11.1 Å². The van der Waals surface area contributed by atoms with Gasteiger partial charge in [-0.15, -0.1) is 11.3 Å². The maximum Gasteiger partial charge on any atom is 0.356 e. The van der Waals surface area contributed by atoms with E-state index in [1.54, 1.807) is 0 Å². The number of nitrogens with one attached hydrogen (secondary N) is 1. The van der Waals surface area contributed by atoms with Crippen LogP contribution < -0.4 is 5.32 Å². The monoisotopic (exact) mass is 349 g/mol. The average molecular weight is 349 g/mol. The van der Waals surface area contributed by atoms with E-state index in [1.165, 1.54) is 35.4 Å². The topological polar surface area (TPSA) is 111 Å². The van der Waals surface area contributed by atoms with Crippen molar-refractivity contribution in [3.05, 3.63) is 34.0 Å². The van der Waals surface area contributed by atoms with Gasteiger partial charge in [0.15, 0.2) is 5.69 Å². The number of carbonyl (C=O) groups excluding carboxylic acids is 2. The Balaban J connectivity index is 1.77. The second-order valence-corrected chi connectivity index (χ2v) is 6.41. The molecule has 3 rings (SSSR count). The summed E-state index contributed by atoms with van der Waals surface area (Å²) < 4.78 is 6.06. The van der Waals surface area contributed by atoms with Crippen LogP contribution in [0.1, 0.15) is 37.7 Å². The van der Waals surface area contributed by atoms with Crippen molar-refractivity contribution in [2.75, 3.05) is 12.4 Å². The number of anilines is 1. The quantitative estimate of drug-likeness (QED) is 0.793. The Morgan fingerprint density at radius 2 is 2.21 bits per heavy atom. The van der Waals surface area contributed by atoms with Crippen LogP contribution in [0.3, 0.4) is 0 Å². The molecule has 9 heteroatoms. The molecule has 0 unspecified atom stereocenters. The Labute approximate surface area is 141 Å². The summed E-state index contributed by atoms with van der Waals surface area (Å²) >= 11 is 1.38. The first-order valence-electron chi connectivity index (χ1n) is 7.29. The Hall–Kier alpha value is -2.68. The summed E-state index contributed by atoms with van der Waals surface area (Å²) in [5.41, 5.74) is 1.25. The van der Waals surface area contributed by atoms with E-state index in [-0.39, 0.29) is 18.1 Å². The first-order valence-corrected chi connectivity index (χ1v) is 8.10. The first-order chi connectivity index (χ1) is 11.5. The van der Waals surface area contributed by atoms with Crippen LogP contribution in [-0.2, 0) is 28.9 Å². The Morgan fingerprint density at radius 3 is 2.88 bits per heavy atom. The average Bonchev–Trinajstić information content (AvgIpc) is 3.22. The molecule has 0 spiro atoms. The van der Waals surface area contributed by atoms with E-state index in [1.807, 2.05) is 0 Å². The number of fused-ring (bicyclic) bond motifs is 1. The minimum absolute atomic E-state index is 0.131. The van der Waals surface area contributed by atoms with Gasteiger partial charge in [0.25, 0.3) is 0 Å². The lowest BCUT2D eigenvalue weighted by Gasteiger charge is -2.07. The molecule has 8 nitrogen and oxygen atoms in total. The summed E-state index contributed by atoms with van der Waals surface area (Å²) in [7, 11) is 1.31. The minimum atomic E-state index is -1.16. The molecule has 0 atom stereocenters. The molecule has 2 N–H and O–H groups in total. The lowest BCUT2D eigenvalue weighted by molar-refractivity contribution is -0.116. The van der Waals surface area contributed by atoms with Crippen LogP contribution in [0.5, 0.6) is 0 Å². The number of carboxylic acids is 1. The summed E-state index contributed by atoms with van der Waals surface area (Å²) in [6.07, 6.45) is 4.09. The molecule has 24 heavy (non-hydrogen) atoms. The molecule has 0 saturated heterocycles. The molecule has 1 aliphatic carbocycles. The van der Waals surface area contributed by atoms with Crippen molar-refractivity contribution in [1.82, 2.24) is 9.78 Å². The zero-order chi connectivity index (χ0) is 17.3. The number of rotatable bonds is 5. The van der Waals surface area contributed by atoms with Crippen LogP contribution in [0.25, 0.3) is 0 Å². The highest BCUT2D eigenvalue weighted by molar-refractivity contribution is 7.17. The lowest BCUT2D eigenvalue weighted by atomic mass is 10.1. The van der Waals surface area contributed by atoms with E-state index in [4.69, 9.17) is 9.84 Å². The van der Waals surface area contributed by atoms with Crippen LogP contribution in [0, 0.1) is 0 Å². The van der Waals surface area contributed by atoms with Crippen molar-refractivity contribution in [3.63, 3.8) is 0 Å². The Morgan fingerprint density at radius 1 is 1.42 bits per heavy atom. The van der Waals surface area contributed by atoms with Gasteiger partial charge >= 0.3 is 11.9 Å². The van der Waals surface area contributed by atoms with E-state index in [2.05, 4.69) is 10.4 Å². The summed E-state index contributed by atoms with van der Waals surface area (Å²) in [4.78, 5) is 36.1. The molecule has 0 aliphatic heterocycles. The number of hydrogen-bond acceptors (Lipinski definition) is 6. The predicted molar refractivity (Wildman–Crippen MR) is 85.5 cm³/mol. The largest absolute Gasteiger partial charge is 0.476 e. The van der Waals surface area contributed by atoms with Crippen LogP contribution in [0.4, 0.5) is 5.00 Å². The number of methoxy groups -OCH3 is 1. The number of amides is 1. The fourth-order valence-corrected chi connectivity index (χ4v) is 3.98. The minimum Gasteiger partial charge on any atom is -0.476 e. The molecule has 1 amide bonds. The third-order valence-corrected chi connectivity index (χ3v) is 4.94. The molecule has 2 aromatic rings. The van der Waals surface area contributed by atoms with Crippen LogP contribution in [0.2, 0.25) is 0 Å². The van der Waals surface area contributed by atoms with Gasteiger partial charge in [-0.2, -0.15) is 5.10 Å². The number of aromatic carboxylic acids is 1. The number of hydrogen-bond donors (Lipinski definition) is 2. The fourth-order valence-electron chi connectivity index (χ4n) is 2.69. The normalized spacial score (nSPS) is 12.7. The second-order valence-electron chi connectivity index (χ2n) is 5.30. The van der Waals surface area contributed by atoms with Crippen molar-refractivity contribution in [2.24, 2.45) is 0 Å². The standard InChI is InChI=1S/C15H15N3O5S/c1-23-15(22)12-8-3-2-4-10(8)24-13(12)16-11(19)7-18-6-5-9(17-18)14(20)21/h5-6H,2-4,7H2,1H3,(H,16,19)(H,20,21). The van der Waals surface area contributed by atoms with Crippen molar-refractivity contribution >= 4 is 34.2 Å². The lowest BCUT2D eigenvalue weighted by Crippen LogP contribution is -2.20.